The third-order valence-corrected chi connectivity index (χ3v) is 17.3. The van der Waals surface area contributed by atoms with Gasteiger partial charge in [-0.15, -0.1) is 0 Å². The zero-order chi connectivity index (χ0) is 57.9. The number of unbranched alkanes of at least 4 members (excludes halogenated alkanes) is 51. The van der Waals surface area contributed by atoms with E-state index in [9.17, 15) is 30.3 Å². The lowest BCUT2D eigenvalue weighted by Crippen LogP contribution is -2.60. The van der Waals surface area contributed by atoms with Gasteiger partial charge in [-0.05, 0) is 32.1 Å². The Hall–Kier alpha value is -1.33. The SMILES string of the molecule is CCCCCCCCCCCCCCCCCCCCCCCC/C=C/CC/C=C/C(O)C(COC1OC(CO)C(O)C(O)C1O)NC(=O)CCCCCCCCCCCCCCCCCCCCCCCCCCCCCCC. The summed E-state index contributed by atoms with van der Waals surface area (Å²) in [5.41, 5.74) is 0. The fraction of sp³-hybridized carbons (Fsp3) is 0.930. The maximum atomic E-state index is 13.1. The second kappa shape index (κ2) is 60.8. The van der Waals surface area contributed by atoms with E-state index in [2.05, 4.69) is 31.3 Å². The molecule has 0 aromatic heterocycles. The van der Waals surface area contributed by atoms with Crippen LogP contribution in [-0.4, -0.2) is 87.5 Å². The lowest BCUT2D eigenvalue weighted by molar-refractivity contribution is -0.302. The fourth-order valence-electron chi connectivity index (χ4n) is 11.7. The molecule has 80 heavy (non-hydrogen) atoms. The quantitative estimate of drug-likeness (QED) is 0.0261. The Kier molecular flexibility index (Phi) is 58.3. The van der Waals surface area contributed by atoms with E-state index in [0.717, 1.165) is 38.5 Å². The van der Waals surface area contributed by atoms with Crippen molar-refractivity contribution in [3.05, 3.63) is 24.3 Å². The molecule has 0 spiro atoms. The number of ether oxygens (including phenoxy) is 2. The molecule has 9 heteroatoms. The van der Waals surface area contributed by atoms with E-state index in [1.807, 2.05) is 6.08 Å². The van der Waals surface area contributed by atoms with Gasteiger partial charge in [0.2, 0.25) is 5.91 Å². The van der Waals surface area contributed by atoms with Gasteiger partial charge in [0.15, 0.2) is 6.29 Å². The molecule has 7 atom stereocenters. The van der Waals surface area contributed by atoms with E-state index < -0.39 is 49.5 Å². The second-order valence-electron chi connectivity index (χ2n) is 25.0. The maximum Gasteiger partial charge on any atom is 0.220 e. The van der Waals surface area contributed by atoms with Crippen molar-refractivity contribution in [2.45, 2.75) is 410 Å². The molecular formula is C71H137NO8. The summed E-state index contributed by atoms with van der Waals surface area (Å²) in [6.07, 6.45) is 73.0. The molecule has 7 unspecified atom stereocenters. The van der Waals surface area contributed by atoms with Crippen LogP contribution in [0.15, 0.2) is 24.3 Å². The number of allylic oxidation sites excluding steroid dienone is 3. The molecule has 1 aliphatic rings. The highest BCUT2D eigenvalue weighted by Crippen LogP contribution is 2.24. The number of hydrogen-bond donors (Lipinski definition) is 6. The highest BCUT2D eigenvalue weighted by molar-refractivity contribution is 5.76. The first-order valence-electron chi connectivity index (χ1n) is 35.6. The largest absolute Gasteiger partial charge is 0.394 e. The Morgan fingerprint density at radius 2 is 0.713 bits per heavy atom. The first-order chi connectivity index (χ1) is 39.3. The molecule has 1 heterocycles. The third-order valence-electron chi connectivity index (χ3n) is 17.3. The number of carbonyl (C=O) groups is 1. The summed E-state index contributed by atoms with van der Waals surface area (Å²) in [5, 5.41) is 54.7. The molecule has 0 saturated carbocycles. The number of aliphatic hydroxyl groups is 5. The average Bonchev–Trinajstić information content (AvgIpc) is 3.46. The Morgan fingerprint density at radius 3 is 1.05 bits per heavy atom. The normalized spacial score (nSPS) is 18.5. The topological polar surface area (TPSA) is 149 Å². The van der Waals surface area contributed by atoms with Crippen molar-refractivity contribution >= 4 is 5.91 Å². The van der Waals surface area contributed by atoms with Crippen LogP contribution in [-0.2, 0) is 14.3 Å². The van der Waals surface area contributed by atoms with Crippen LogP contribution in [0.3, 0.4) is 0 Å². The van der Waals surface area contributed by atoms with Crippen LogP contribution < -0.4 is 5.32 Å². The summed E-state index contributed by atoms with van der Waals surface area (Å²) in [4.78, 5) is 13.1. The summed E-state index contributed by atoms with van der Waals surface area (Å²) >= 11 is 0. The van der Waals surface area contributed by atoms with Crippen LogP contribution in [0.4, 0.5) is 0 Å². The molecule has 1 rings (SSSR count). The molecule has 6 N–H and O–H groups in total. The van der Waals surface area contributed by atoms with E-state index in [1.165, 1.54) is 308 Å². The monoisotopic (exact) mass is 1130 g/mol. The average molecular weight is 1130 g/mol. The van der Waals surface area contributed by atoms with Gasteiger partial charge in [-0.25, -0.2) is 0 Å². The van der Waals surface area contributed by atoms with E-state index in [0.29, 0.717) is 6.42 Å². The third kappa shape index (κ3) is 49.0. The molecular weight excluding hydrogens is 995 g/mol. The highest BCUT2D eigenvalue weighted by Gasteiger charge is 2.44. The molecule has 1 aliphatic heterocycles. The molecule has 0 bridgehead atoms. The zero-order valence-corrected chi connectivity index (χ0v) is 53.1. The minimum Gasteiger partial charge on any atom is -0.394 e. The molecule has 1 fully saturated rings. The zero-order valence-electron chi connectivity index (χ0n) is 53.1. The minimum atomic E-state index is -1.57. The molecule has 1 saturated heterocycles. The summed E-state index contributed by atoms with van der Waals surface area (Å²) in [5.74, 6) is -0.178. The van der Waals surface area contributed by atoms with Crippen LogP contribution in [0.2, 0.25) is 0 Å². The van der Waals surface area contributed by atoms with Gasteiger partial charge in [-0.3, -0.25) is 4.79 Å². The number of amides is 1. The van der Waals surface area contributed by atoms with Crippen molar-refractivity contribution < 1.29 is 39.8 Å². The van der Waals surface area contributed by atoms with Crippen molar-refractivity contribution in [2.75, 3.05) is 13.2 Å². The van der Waals surface area contributed by atoms with E-state index in [1.54, 1.807) is 6.08 Å². The number of rotatable bonds is 63. The molecule has 0 aromatic carbocycles. The lowest BCUT2D eigenvalue weighted by atomic mass is 9.99. The van der Waals surface area contributed by atoms with E-state index in [-0.39, 0.29) is 12.5 Å². The number of aliphatic hydroxyl groups excluding tert-OH is 5. The summed E-state index contributed by atoms with van der Waals surface area (Å²) in [7, 11) is 0. The summed E-state index contributed by atoms with van der Waals surface area (Å²) < 4.78 is 11.3. The van der Waals surface area contributed by atoms with Crippen molar-refractivity contribution in [1.82, 2.24) is 5.32 Å². The van der Waals surface area contributed by atoms with Crippen LogP contribution in [0.5, 0.6) is 0 Å². The maximum absolute atomic E-state index is 13.1. The fourth-order valence-corrected chi connectivity index (χ4v) is 11.7. The molecule has 0 radical (unpaired) electrons. The number of nitrogens with one attached hydrogen (secondary N) is 1. The highest BCUT2D eigenvalue weighted by atomic mass is 16.7. The van der Waals surface area contributed by atoms with Gasteiger partial charge < -0.3 is 40.3 Å². The first kappa shape index (κ1) is 76.7. The first-order valence-corrected chi connectivity index (χ1v) is 35.6. The Balaban J connectivity index is 2.13. The number of hydrogen-bond acceptors (Lipinski definition) is 8. The lowest BCUT2D eigenvalue weighted by Gasteiger charge is -2.40. The van der Waals surface area contributed by atoms with Crippen LogP contribution in [0.1, 0.15) is 367 Å². The van der Waals surface area contributed by atoms with Crippen molar-refractivity contribution in [1.29, 1.82) is 0 Å². The Morgan fingerprint density at radius 1 is 0.412 bits per heavy atom. The molecule has 9 nitrogen and oxygen atoms in total. The van der Waals surface area contributed by atoms with Crippen LogP contribution >= 0.6 is 0 Å². The van der Waals surface area contributed by atoms with Crippen LogP contribution in [0.25, 0.3) is 0 Å². The standard InChI is InChI=1S/C71H137NO8/c1-3-5-7-9-11-13-15-17-19-21-23-25-27-29-31-33-35-37-39-41-43-45-47-49-51-53-55-57-59-61-67(75)72-64(63-79-71-70(78)69(77)68(76)66(62-73)80-71)65(74)60-58-56-54-52-50-48-46-44-42-40-38-36-34-32-30-28-26-24-22-20-18-16-14-12-10-8-6-4-2/h50,52,58,60,64-66,68-71,73-74,76-78H,3-49,51,53-57,59,61-63H2,1-2H3,(H,72,75)/b52-50+,60-58+. The van der Waals surface area contributed by atoms with Crippen LogP contribution in [0, 0.1) is 0 Å². The van der Waals surface area contributed by atoms with Gasteiger partial charge in [0, 0.05) is 6.42 Å². The van der Waals surface area contributed by atoms with Gasteiger partial charge in [-0.2, -0.15) is 0 Å². The smallest absolute Gasteiger partial charge is 0.220 e. The van der Waals surface area contributed by atoms with E-state index in [4.69, 9.17) is 9.47 Å². The summed E-state index contributed by atoms with van der Waals surface area (Å²) in [6.45, 7) is 3.83. The summed E-state index contributed by atoms with van der Waals surface area (Å²) in [6, 6.07) is -0.820. The number of carbonyl (C=O) groups excluding carboxylic acids is 1. The minimum absolute atomic E-state index is 0.178. The van der Waals surface area contributed by atoms with E-state index >= 15 is 0 Å². The molecule has 1 amide bonds. The molecule has 474 valence electrons. The van der Waals surface area contributed by atoms with Crippen molar-refractivity contribution in [2.24, 2.45) is 0 Å². The second-order valence-corrected chi connectivity index (χ2v) is 25.0. The van der Waals surface area contributed by atoms with Gasteiger partial charge in [-0.1, -0.05) is 353 Å². The predicted octanol–water partition coefficient (Wildman–Crippen LogP) is 19.3. The molecule has 0 aromatic rings. The molecule has 0 aliphatic carbocycles. The van der Waals surface area contributed by atoms with Crippen molar-refractivity contribution in [3.63, 3.8) is 0 Å². The Labute approximate surface area is 496 Å². The van der Waals surface area contributed by atoms with Crippen molar-refractivity contribution in [3.8, 4) is 0 Å². The van der Waals surface area contributed by atoms with Gasteiger partial charge in [0.1, 0.15) is 24.4 Å². The Bertz CT molecular complexity index is 1310. The van der Waals surface area contributed by atoms with Gasteiger partial charge in [0.25, 0.3) is 0 Å². The van der Waals surface area contributed by atoms with Gasteiger partial charge in [0.05, 0.1) is 25.4 Å². The predicted molar refractivity (Wildman–Crippen MR) is 341 cm³/mol. The van der Waals surface area contributed by atoms with Gasteiger partial charge >= 0.3 is 0 Å².